The van der Waals surface area contributed by atoms with Crippen molar-refractivity contribution in [2.24, 2.45) is 0 Å². The van der Waals surface area contributed by atoms with Gasteiger partial charge < -0.3 is 25.6 Å². The quantitative estimate of drug-likeness (QED) is 0.190. The van der Waals surface area contributed by atoms with Crippen LogP contribution in [0.15, 0.2) is 66.7 Å². The van der Waals surface area contributed by atoms with Gasteiger partial charge in [0.05, 0.1) is 24.5 Å². The summed E-state index contributed by atoms with van der Waals surface area (Å²) in [6.07, 6.45) is -4.04. The SMILES string of the molecule is C[C@H](Cc1cccc(CC(=O)NCc2ccc(OC(F)(F)F)cc2)c1)NC[C@H](O)c1ccc(O)c(NS(C)(=O)=O)c1. The van der Waals surface area contributed by atoms with Gasteiger partial charge in [0, 0.05) is 19.1 Å². The Hall–Kier alpha value is -3.81. The zero-order valence-electron chi connectivity index (χ0n) is 22.4. The number of amides is 1. The first kappa shape index (κ1) is 31.7. The van der Waals surface area contributed by atoms with Crippen molar-refractivity contribution in [3.05, 3.63) is 89.0 Å². The second-order valence-corrected chi connectivity index (χ2v) is 11.4. The van der Waals surface area contributed by atoms with Gasteiger partial charge in [-0.25, -0.2) is 8.42 Å². The Morgan fingerprint density at radius 1 is 1.00 bits per heavy atom. The molecule has 0 heterocycles. The van der Waals surface area contributed by atoms with E-state index in [0.717, 1.165) is 17.4 Å². The van der Waals surface area contributed by atoms with Gasteiger partial charge in [0.2, 0.25) is 15.9 Å². The second kappa shape index (κ2) is 13.7. The fourth-order valence-electron chi connectivity index (χ4n) is 4.02. The molecular formula is C28H32F3N3O6S. The molecule has 0 bridgehead atoms. The van der Waals surface area contributed by atoms with Gasteiger partial charge in [0.1, 0.15) is 11.5 Å². The lowest BCUT2D eigenvalue weighted by molar-refractivity contribution is -0.274. The van der Waals surface area contributed by atoms with Gasteiger partial charge in [-0.2, -0.15) is 0 Å². The van der Waals surface area contributed by atoms with E-state index in [-0.39, 0.29) is 48.6 Å². The Labute approximate surface area is 236 Å². The maximum absolute atomic E-state index is 12.4. The molecule has 0 aliphatic carbocycles. The van der Waals surface area contributed by atoms with Crippen molar-refractivity contribution in [1.82, 2.24) is 10.6 Å². The summed E-state index contributed by atoms with van der Waals surface area (Å²) in [5.41, 5.74) is 2.78. The van der Waals surface area contributed by atoms with Gasteiger partial charge in [-0.1, -0.05) is 42.5 Å². The summed E-state index contributed by atoms with van der Waals surface area (Å²) in [6.45, 7) is 2.27. The molecule has 9 nitrogen and oxygen atoms in total. The number of carbonyl (C=O) groups excluding carboxylic acids is 1. The molecule has 0 unspecified atom stereocenters. The third-order valence-corrected chi connectivity index (χ3v) is 6.50. The fourth-order valence-corrected chi connectivity index (χ4v) is 4.59. The highest BCUT2D eigenvalue weighted by molar-refractivity contribution is 7.92. The van der Waals surface area contributed by atoms with Crippen LogP contribution in [-0.4, -0.2) is 49.7 Å². The molecule has 5 N–H and O–H groups in total. The highest BCUT2D eigenvalue weighted by atomic mass is 32.2. The minimum absolute atomic E-state index is 0.0219. The molecule has 2 atom stereocenters. The lowest BCUT2D eigenvalue weighted by Crippen LogP contribution is -2.32. The van der Waals surface area contributed by atoms with E-state index in [0.29, 0.717) is 17.5 Å². The molecule has 0 fully saturated rings. The largest absolute Gasteiger partial charge is 0.573 e. The molecule has 0 aliphatic rings. The maximum atomic E-state index is 12.4. The Morgan fingerprint density at radius 2 is 1.68 bits per heavy atom. The van der Waals surface area contributed by atoms with Crippen molar-refractivity contribution in [1.29, 1.82) is 0 Å². The summed E-state index contributed by atoms with van der Waals surface area (Å²) in [5, 5.41) is 26.4. The molecule has 3 rings (SSSR count). The average Bonchev–Trinajstić information content (AvgIpc) is 2.86. The number of halogens is 3. The van der Waals surface area contributed by atoms with Gasteiger partial charge in [-0.15, -0.1) is 13.2 Å². The number of hydrogen-bond donors (Lipinski definition) is 5. The number of alkyl halides is 3. The first-order valence-electron chi connectivity index (χ1n) is 12.6. The molecule has 41 heavy (non-hydrogen) atoms. The van der Waals surface area contributed by atoms with Crippen LogP contribution in [0.5, 0.6) is 11.5 Å². The number of sulfonamides is 1. The number of ether oxygens (including phenoxy) is 1. The van der Waals surface area contributed by atoms with Crippen molar-refractivity contribution in [3.63, 3.8) is 0 Å². The third-order valence-electron chi connectivity index (χ3n) is 5.90. The highest BCUT2D eigenvalue weighted by Gasteiger charge is 2.30. The smallest absolute Gasteiger partial charge is 0.506 e. The maximum Gasteiger partial charge on any atom is 0.573 e. The Balaban J connectivity index is 1.47. The van der Waals surface area contributed by atoms with E-state index >= 15 is 0 Å². The van der Waals surface area contributed by atoms with Crippen molar-refractivity contribution in [2.75, 3.05) is 17.5 Å². The highest BCUT2D eigenvalue weighted by Crippen LogP contribution is 2.28. The number of aliphatic hydroxyl groups is 1. The zero-order valence-corrected chi connectivity index (χ0v) is 23.2. The second-order valence-electron chi connectivity index (χ2n) is 9.65. The summed E-state index contributed by atoms with van der Waals surface area (Å²) in [7, 11) is -3.60. The third kappa shape index (κ3) is 11.3. The molecule has 0 spiro atoms. The number of anilines is 1. The predicted molar refractivity (Wildman–Crippen MR) is 148 cm³/mol. The Bertz CT molecular complexity index is 1430. The first-order valence-corrected chi connectivity index (χ1v) is 14.5. The van der Waals surface area contributed by atoms with Gasteiger partial charge >= 0.3 is 6.36 Å². The van der Waals surface area contributed by atoms with E-state index < -0.39 is 22.5 Å². The van der Waals surface area contributed by atoms with Crippen LogP contribution in [0.3, 0.4) is 0 Å². The summed E-state index contributed by atoms with van der Waals surface area (Å²) in [4.78, 5) is 12.4. The van der Waals surface area contributed by atoms with Gasteiger partial charge in [-0.3, -0.25) is 9.52 Å². The van der Waals surface area contributed by atoms with Crippen LogP contribution in [0, 0.1) is 0 Å². The molecule has 3 aromatic carbocycles. The van der Waals surface area contributed by atoms with Crippen LogP contribution in [-0.2, 0) is 34.2 Å². The van der Waals surface area contributed by atoms with Crippen LogP contribution in [0.2, 0.25) is 0 Å². The van der Waals surface area contributed by atoms with E-state index in [2.05, 4.69) is 20.1 Å². The van der Waals surface area contributed by atoms with E-state index in [1.165, 1.54) is 42.5 Å². The number of hydrogen-bond acceptors (Lipinski definition) is 7. The number of phenols is 1. The van der Waals surface area contributed by atoms with Crippen LogP contribution < -0.4 is 20.1 Å². The number of benzene rings is 3. The Kier molecular flexibility index (Phi) is 10.6. The number of phenolic OH excluding ortho intramolecular Hbond substituents is 1. The normalized spacial score (nSPS) is 13.3. The zero-order chi connectivity index (χ0) is 30.2. The molecule has 222 valence electrons. The molecule has 0 radical (unpaired) electrons. The van der Waals surface area contributed by atoms with Crippen LogP contribution in [0.1, 0.15) is 35.3 Å². The lowest BCUT2D eigenvalue weighted by Gasteiger charge is -2.19. The van der Waals surface area contributed by atoms with Crippen LogP contribution >= 0.6 is 0 Å². The summed E-state index contributed by atoms with van der Waals surface area (Å²) in [6, 6.07) is 16.9. The Morgan fingerprint density at radius 3 is 2.34 bits per heavy atom. The molecule has 0 saturated carbocycles. The van der Waals surface area contributed by atoms with Crippen molar-refractivity contribution in [3.8, 4) is 11.5 Å². The van der Waals surface area contributed by atoms with Crippen LogP contribution in [0.25, 0.3) is 0 Å². The van der Waals surface area contributed by atoms with Gasteiger partial charge in [-0.05, 0) is 59.9 Å². The van der Waals surface area contributed by atoms with Gasteiger partial charge in [0.15, 0.2) is 0 Å². The molecular weight excluding hydrogens is 563 g/mol. The number of aliphatic hydroxyl groups excluding tert-OH is 1. The molecule has 1 amide bonds. The summed E-state index contributed by atoms with van der Waals surface area (Å²) < 4.78 is 65.9. The standard InChI is InChI=1S/C28H32F3N3O6S/c1-18(32-17-26(36)22-8-11-25(35)24(15-22)34-41(2,38)39)12-20-4-3-5-21(13-20)14-27(37)33-16-19-6-9-23(10-7-19)40-28(29,30)31/h3-11,13,15,18,26,32,34-36H,12,14,16-17H2,1-2H3,(H,33,37)/t18-,26+/m1/s1. The molecule has 3 aromatic rings. The van der Waals surface area contributed by atoms with Crippen LogP contribution in [0.4, 0.5) is 18.9 Å². The monoisotopic (exact) mass is 595 g/mol. The number of carbonyl (C=O) groups is 1. The number of rotatable bonds is 13. The average molecular weight is 596 g/mol. The van der Waals surface area contributed by atoms with Gasteiger partial charge in [0.25, 0.3) is 0 Å². The number of nitrogens with one attached hydrogen (secondary N) is 3. The molecule has 13 heteroatoms. The molecule has 0 aromatic heterocycles. The van der Waals surface area contributed by atoms with E-state index in [1.54, 1.807) is 0 Å². The minimum atomic E-state index is -4.77. The molecule has 0 saturated heterocycles. The molecule has 0 aliphatic heterocycles. The van der Waals surface area contributed by atoms with E-state index in [1.807, 2.05) is 31.2 Å². The summed E-state index contributed by atoms with van der Waals surface area (Å²) >= 11 is 0. The summed E-state index contributed by atoms with van der Waals surface area (Å²) in [5.74, 6) is -0.834. The predicted octanol–water partition coefficient (Wildman–Crippen LogP) is 3.78. The van der Waals surface area contributed by atoms with E-state index in [9.17, 15) is 36.6 Å². The van der Waals surface area contributed by atoms with Crippen molar-refractivity contribution < 1.29 is 41.3 Å². The van der Waals surface area contributed by atoms with E-state index in [4.69, 9.17) is 0 Å². The first-order chi connectivity index (χ1) is 19.2. The topological polar surface area (TPSA) is 137 Å². The number of aromatic hydroxyl groups is 1. The minimum Gasteiger partial charge on any atom is -0.506 e. The van der Waals surface area contributed by atoms with Crippen molar-refractivity contribution in [2.45, 2.75) is 44.8 Å². The van der Waals surface area contributed by atoms with Crippen molar-refractivity contribution >= 4 is 21.6 Å². The fraction of sp³-hybridized carbons (Fsp3) is 0.321. The lowest BCUT2D eigenvalue weighted by atomic mass is 10.0.